The summed E-state index contributed by atoms with van der Waals surface area (Å²) in [5.74, 6) is 0. The second kappa shape index (κ2) is 8.67. The third-order valence-electron chi connectivity index (χ3n) is 3.02. The van der Waals surface area contributed by atoms with Crippen molar-refractivity contribution in [1.29, 1.82) is 0 Å². The molecule has 0 aromatic carbocycles. The fourth-order valence-electron chi connectivity index (χ4n) is 1.92. The van der Waals surface area contributed by atoms with Crippen LogP contribution >= 0.6 is 11.3 Å². The van der Waals surface area contributed by atoms with Gasteiger partial charge in [-0.3, -0.25) is 0 Å². The Morgan fingerprint density at radius 2 is 2.29 bits per heavy atom. The van der Waals surface area contributed by atoms with E-state index in [9.17, 15) is 0 Å². The molecule has 0 amide bonds. The number of nitrogens with one attached hydrogen (secondary N) is 1. The van der Waals surface area contributed by atoms with E-state index in [4.69, 9.17) is 4.74 Å². The molecule has 0 spiro atoms. The summed E-state index contributed by atoms with van der Waals surface area (Å²) in [7, 11) is 1.79. The first-order valence-electron chi connectivity index (χ1n) is 6.54. The highest BCUT2D eigenvalue weighted by atomic mass is 32.1. The van der Waals surface area contributed by atoms with E-state index in [1.165, 1.54) is 24.1 Å². The van der Waals surface area contributed by atoms with E-state index in [2.05, 4.69) is 36.7 Å². The second-order valence-electron chi connectivity index (χ2n) is 4.55. The van der Waals surface area contributed by atoms with Crippen LogP contribution in [0.5, 0.6) is 0 Å². The number of thiophene rings is 1. The Kier molecular flexibility index (Phi) is 7.49. The minimum Gasteiger partial charge on any atom is -0.382 e. The fraction of sp³-hybridized carbons (Fsp3) is 0.714. The molecule has 2 nitrogen and oxygen atoms in total. The first-order chi connectivity index (χ1) is 8.26. The van der Waals surface area contributed by atoms with Crippen LogP contribution in [0.2, 0.25) is 0 Å². The van der Waals surface area contributed by atoms with Gasteiger partial charge in [0.05, 0.1) is 6.10 Å². The Hall–Kier alpha value is -0.380. The number of hydrogen-bond donors (Lipinski definition) is 1. The first kappa shape index (κ1) is 14.7. The molecule has 1 aromatic heterocycles. The normalized spacial score (nSPS) is 14.8. The van der Waals surface area contributed by atoms with Crippen LogP contribution in [-0.2, 0) is 11.2 Å². The average molecular weight is 255 g/mol. The van der Waals surface area contributed by atoms with Gasteiger partial charge in [0.1, 0.15) is 0 Å². The van der Waals surface area contributed by atoms with Crippen LogP contribution in [-0.4, -0.2) is 25.8 Å². The van der Waals surface area contributed by atoms with Crippen molar-refractivity contribution < 1.29 is 4.74 Å². The monoisotopic (exact) mass is 255 g/mol. The molecule has 1 rings (SSSR count). The van der Waals surface area contributed by atoms with Crippen LogP contribution < -0.4 is 5.32 Å². The lowest BCUT2D eigenvalue weighted by atomic mass is 10.0. The lowest BCUT2D eigenvalue weighted by Gasteiger charge is -2.21. The van der Waals surface area contributed by atoms with Gasteiger partial charge >= 0.3 is 0 Å². The van der Waals surface area contributed by atoms with Crippen LogP contribution in [0.1, 0.15) is 38.0 Å². The summed E-state index contributed by atoms with van der Waals surface area (Å²) in [5.41, 5.74) is 0. The van der Waals surface area contributed by atoms with Gasteiger partial charge in [-0.05, 0) is 50.6 Å². The molecule has 0 aliphatic carbocycles. The summed E-state index contributed by atoms with van der Waals surface area (Å²) in [5, 5.41) is 5.78. The van der Waals surface area contributed by atoms with Crippen LogP contribution in [0.15, 0.2) is 17.5 Å². The lowest BCUT2D eigenvalue weighted by molar-refractivity contribution is 0.0993. The van der Waals surface area contributed by atoms with E-state index in [1.807, 2.05) is 11.3 Å². The molecule has 2 unspecified atom stereocenters. The van der Waals surface area contributed by atoms with E-state index in [-0.39, 0.29) is 0 Å². The highest BCUT2D eigenvalue weighted by Gasteiger charge is 2.12. The zero-order chi connectivity index (χ0) is 12.5. The van der Waals surface area contributed by atoms with Crippen LogP contribution in [0.3, 0.4) is 0 Å². The highest BCUT2D eigenvalue weighted by Crippen LogP contribution is 2.14. The Morgan fingerprint density at radius 1 is 1.47 bits per heavy atom. The largest absolute Gasteiger partial charge is 0.382 e. The van der Waals surface area contributed by atoms with Crippen molar-refractivity contribution in [2.24, 2.45) is 0 Å². The molecule has 3 heteroatoms. The van der Waals surface area contributed by atoms with Crippen LogP contribution in [0, 0.1) is 0 Å². The molecule has 0 fully saturated rings. The van der Waals surface area contributed by atoms with E-state index in [0.717, 1.165) is 13.0 Å². The molecule has 0 saturated carbocycles. The Labute approximate surface area is 109 Å². The van der Waals surface area contributed by atoms with Gasteiger partial charge < -0.3 is 10.1 Å². The van der Waals surface area contributed by atoms with Crippen molar-refractivity contribution in [3.05, 3.63) is 22.4 Å². The van der Waals surface area contributed by atoms with E-state index in [0.29, 0.717) is 12.1 Å². The maximum absolute atomic E-state index is 5.36. The molecule has 0 aliphatic heterocycles. The van der Waals surface area contributed by atoms with Crippen molar-refractivity contribution in [3.63, 3.8) is 0 Å². The quantitative estimate of drug-likeness (QED) is 0.729. The van der Waals surface area contributed by atoms with Gasteiger partial charge in [-0.15, -0.1) is 11.3 Å². The van der Waals surface area contributed by atoms with Gasteiger partial charge in [0, 0.05) is 18.0 Å². The maximum Gasteiger partial charge on any atom is 0.0558 e. The van der Waals surface area contributed by atoms with Crippen LogP contribution in [0.25, 0.3) is 0 Å². The summed E-state index contributed by atoms with van der Waals surface area (Å²) in [6.07, 6.45) is 5.01. The summed E-state index contributed by atoms with van der Waals surface area (Å²) < 4.78 is 5.36. The topological polar surface area (TPSA) is 21.3 Å². The molecule has 0 saturated heterocycles. The van der Waals surface area contributed by atoms with E-state index in [1.54, 1.807) is 7.11 Å². The third-order valence-corrected chi connectivity index (χ3v) is 3.96. The van der Waals surface area contributed by atoms with Crippen molar-refractivity contribution in [2.75, 3.05) is 13.7 Å². The highest BCUT2D eigenvalue weighted by molar-refractivity contribution is 7.09. The van der Waals surface area contributed by atoms with Gasteiger partial charge in [0.2, 0.25) is 0 Å². The van der Waals surface area contributed by atoms with Crippen molar-refractivity contribution in [2.45, 2.75) is 51.7 Å². The molecule has 17 heavy (non-hydrogen) atoms. The average Bonchev–Trinajstić information content (AvgIpc) is 2.85. The van der Waals surface area contributed by atoms with E-state index < -0.39 is 0 Å². The maximum atomic E-state index is 5.36. The van der Waals surface area contributed by atoms with Gasteiger partial charge in [-0.25, -0.2) is 0 Å². The van der Waals surface area contributed by atoms with Gasteiger partial charge in [0.15, 0.2) is 0 Å². The molecule has 98 valence electrons. The molecular formula is C14H25NOS. The Morgan fingerprint density at radius 3 is 2.88 bits per heavy atom. The molecule has 1 aromatic rings. The van der Waals surface area contributed by atoms with Gasteiger partial charge in [-0.2, -0.15) is 0 Å². The molecule has 0 radical (unpaired) electrons. The predicted molar refractivity (Wildman–Crippen MR) is 75.8 cm³/mol. The summed E-state index contributed by atoms with van der Waals surface area (Å²) >= 11 is 1.85. The van der Waals surface area contributed by atoms with Gasteiger partial charge in [-0.1, -0.05) is 13.0 Å². The van der Waals surface area contributed by atoms with E-state index >= 15 is 0 Å². The third kappa shape index (κ3) is 6.20. The number of rotatable bonds is 9. The van der Waals surface area contributed by atoms with Crippen molar-refractivity contribution in [3.8, 4) is 0 Å². The van der Waals surface area contributed by atoms with Gasteiger partial charge in [0.25, 0.3) is 0 Å². The first-order valence-corrected chi connectivity index (χ1v) is 7.42. The minimum atomic E-state index is 0.340. The minimum absolute atomic E-state index is 0.340. The fourth-order valence-corrected chi connectivity index (χ4v) is 2.64. The molecule has 1 N–H and O–H groups in total. The number of hydrogen-bond acceptors (Lipinski definition) is 3. The smallest absolute Gasteiger partial charge is 0.0558 e. The Balaban J connectivity index is 2.33. The number of aryl methyl sites for hydroxylation is 1. The standard InChI is InChI=1S/C14H25NOS/c1-4-9-15-13(11-12(2)16-3)7-8-14-6-5-10-17-14/h5-6,10,12-13,15H,4,7-9,11H2,1-3H3. The number of ether oxygens (including phenoxy) is 1. The summed E-state index contributed by atoms with van der Waals surface area (Å²) in [6.45, 7) is 5.46. The zero-order valence-electron chi connectivity index (χ0n) is 11.2. The molecule has 2 atom stereocenters. The molecule has 0 aliphatic rings. The SMILES string of the molecule is CCCNC(CCc1cccs1)CC(C)OC. The van der Waals surface area contributed by atoms with Crippen LogP contribution in [0.4, 0.5) is 0 Å². The Bertz CT molecular complexity index is 274. The number of methoxy groups -OCH3 is 1. The summed E-state index contributed by atoms with van der Waals surface area (Å²) in [4.78, 5) is 1.48. The second-order valence-corrected chi connectivity index (χ2v) is 5.58. The summed E-state index contributed by atoms with van der Waals surface area (Å²) in [6, 6.07) is 4.93. The molecular weight excluding hydrogens is 230 g/mol. The lowest BCUT2D eigenvalue weighted by Crippen LogP contribution is -2.33. The van der Waals surface area contributed by atoms with Crippen molar-refractivity contribution in [1.82, 2.24) is 5.32 Å². The molecule has 0 bridgehead atoms. The molecule has 1 heterocycles. The predicted octanol–water partition coefficient (Wildman–Crippen LogP) is 3.47. The zero-order valence-corrected chi connectivity index (χ0v) is 12.1. The van der Waals surface area contributed by atoms with Crippen molar-refractivity contribution >= 4 is 11.3 Å².